The molecule has 7 heteroatoms. The van der Waals surface area contributed by atoms with Gasteiger partial charge in [-0.3, -0.25) is 5.41 Å². The fraction of sp³-hybridized carbons (Fsp3) is 0.222. The van der Waals surface area contributed by atoms with E-state index in [0.29, 0.717) is 0 Å². The third-order valence-electron chi connectivity index (χ3n) is 1.68. The third-order valence-corrected chi connectivity index (χ3v) is 2.19. The maximum Gasteiger partial charge on any atom is 0.265 e. The second-order valence-corrected chi connectivity index (χ2v) is 5.10. The molecule has 16 heavy (non-hydrogen) atoms. The molecule has 0 saturated carbocycles. The van der Waals surface area contributed by atoms with Crippen molar-refractivity contribution < 1.29 is 13.5 Å². The topological polar surface area (TPSA) is 33.1 Å². The summed E-state index contributed by atoms with van der Waals surface area (Å²) in [5.41, 5.74) is -0.318. The summed E-state index contributed by atoms with van der Waals surface area (Å²) >= 11 is 16.0. The molecule has 88 valence electrons. The van der Waals surface area contributed by atoms with Crippen LogP contribution in [0.4, 0.5) is 8.78 Å². The molecule has 0 saturated heterocycles. The van der Waals surface area contributed by atoms with Gasteiger partial charge in [-0.25, -0.2) is 8.78 Å². The SMILES string of the molecule is N=C(OCc1c(F)cccc1F)C(Cl)(Cl)Cl. The maximum atomic E-state index is 13.1. The number of rotatable bonds is 2. The zero-order chi connectivity index (χ0) is 12.3. The van der Waals surface area contributed by atoms with Gasteiger partial charge in [0.2, 0.25) is 5.90 Å². The van der Waals surface area contributed by atoms with Crippen LogP contribution in [0.25, 0.3) is 0 Å². The maximum absolute atomic E-state index is 13.1. The van der Waals surface area contributed by atoms with Crippen molar-refractivity contribution in [3.05, 3.63) is 35.4 Å². The minimum Gasteiger partial charge on any atom is -0.473 e. The molecule has 0 aliphatic carbocycles. The Morgan fingerprint density at radius 1 is 1.25 bits per heavy atom. The van der Waals surface area contributed by atoms with E-state index >= 15 is 0 Å². The molecule has 0 spiro atoms. The summed E-state index contributed by atoms with van der Waals surface area (Å²) in [6, 6.07) is 3.36. The first kappa shape index (κ1) is 13.5. The molecular formula is C9H6Cl3F2NO. The molecule has 0 unspecified atom stereocenters. The first-order valence-corrected chi connectivity index (χ1v) is 5.17. The van der Waals surface area contributed by atoms with E-state index in [9.17, 15) is 8.78 Å². The highest BCUT2D eigenvalue weighted by Crippen LogP contribution is 2.28. The van der Waals surface area contributed by atoms with Crippen LogP contribution in [0.1, 0.15) is 5.56 Å². The number of benzene rings is 1. The minimum absolute atomic E-state index is 0.318. The van der Waals surface area contributed by atoms with Gasteiger partial charge in [0, 0.05) is 0 Å². The van der Waals surface area contributed by atoms with Crippen LogP contribution >= 0.6 is 34.8 Å². The zero-order valence-electron chi connectivity index (χ0n) is 7.74. The fourth-order valence-corrected chi connectivity index (χ4v) is 1.06. The summed E-state index contributed by atoms with van der Waals surface area (Å²) in [4.78, 5) is 0. The van der Waals surface area contributed by atoms with Crippen molar-refractivity contribution in [1.29, 1.82) is 5.41 Å². The Labute approximate surface area is 106 Å². The predicted octanol–water partition coefficient (Wildman–Crippen LogP) is 3.83. The van der Waals surface area contributed by atoms with Crippen LogP contribution < -0.4 is 0 Å². The summed E-state index contributed by atoms with van der Waals surface area (Å²) in [6.45, 7) is -0.509. The van der Waals surface area contributed by atoms with Gasteiger partial charge in [-0.15, -0.1) is 0 Å². The van der Waals surface area contributed by atoms with Gasteiger partial charge in [0.1, 0.15) is 18.2 Å². The van der Waals surface area contributed by atoms with Crippen LogP contribution in [0.3, 0.4) is 0 Å². The van der Waals surface area contributed by atoms with Crippen molar-refractivity contribution in [3.63, 3.8) is 0 Å². The highest BCUT2D eigenvalue weighted by Gasteiger charge is 2.29. The highest BCUT2D eigenvalue weighted by atomic mass is 35.6. The van der Waals surface area contributed by atoms with Gasteiger partial charge in [-0.05, 0) is 12.1 Å². The van der Waals surface area contributed by atoms with Crippen molar-refractivity contribution in [2.45, 2.75) is 10.4 Å². The average molecular weight is 289 g/mol. The number of halogens is 5. The van der Waals surface area contributed by atoms with Crippen LogP contribution in [0, 0.1) is 17.0 Å². The molecule has 0 fully saturated rings. The van der Waals surface area contributed by atoms with E-state index in [1.165, 1.54) is 6.07 Å². The van der Waals surface area contributed by atoms with E-state index in [4.69, 9.17) is 40.2 Å². The molecule has 0 aliphatic heterocycles. The van der Waals surface area contributed by atoms with Crippen molar-refractivity contribution in [2.75, 3.05) is 0 Å². The molecule has 0 radical (unpaired) electrons. The fourth-order valence-electron chi connectivity index (χ4n) is 0.896. The first-order chi connectivity index (χ1) is 7.32. The Balaban J connectivity index is 2.73. The average Bonchev–Trinajstić information content (AvgIpc) is 2.15. The molecule has 2 nitrogen and oxygen atoms in total. The molecule has 1 aromatic carbocycles. The van der Waals surface area contributed by atoms with Gasteiger partial charge in [-0.1, -0.05) is 40.9 Å². The van der Waals surface area contributed by atoms with Gasteiger partial charge < -0.3 is 4.74 Å². The lowest BCUT2D eigenvalue weighted by molar-refractivity contribution is 0.271. The van der Waals surface area contributed by atoms with Crippen molar-refractivity contribution in [1.82, 2.24) is 0 Å². The van der Waals surface area contributed by atoms with Gasteiger partial charge in [0.05, 0.1) is 5.56 Å². The zero-order valence-corrected chi connectivity index (χ0v) is 10.0. The highest BCUT2D eigenvalue weighted by molar-refractivity contribution is 6.75. The predicted molar refractivity (Wildman–Crippen MR) is 59.2 cm³/mol. The molecule has 0 aliphatic rings. The lowest BCUT2D eigenvalue weighted by atomic mass is 10.2. The molecule has 1 rings (SSSR count). The van der Waals surface area contributed by atoms with Gasteiger partial charge in [-0.2, -0.15) is 0 Å². The molecule has 0 amide bonds. The summed E-state index contributed by atoms with van der Waals surface area (Å²) in [5, 5.41) is 7.17. The monoisotopic (exact) mass is 287 g/mol. The summed E-state index contributed by atoms with van der Waals surface area (Å²) in [5.74, 6) is -2.26. The van der Waals surface area contributed by atoms with E-state index < -0.39 is 27.9 Å². The van der Waals surface area contributed by atoms with E-state index in [1.54, 1.807) is 0 Å². The van der Waals surface area contributed by atoms with Crippen molar-refractivity contribution in [3.8, 4) is 0 Å². The summed E-state index contributed by atoms with van der Waals surface area (Å²) in [7, 11) is 0. The van der Waals surface area contributed by atoms with E-state index in [0.717, 1.165) is 12.1 Å². The van der Waals surface area contributed by atoms with E-state index in [2.05, 4.69) is 4.74 Å². The number of nitrogens with one attached hydrogen (secondary N) is 1. The largest absolute Gasteiger partial charge is 0.473 e. The van der Waals surface area contributed by atoms with Crippen LogP contribution in [-0.4, -0.2) is 9.69 Å². The van der Waals surface area contributed by atoms with E-state index in [-0.39, 0.29) is 5.56 Å². The second-order valence-electron chi connectivity index (χ2n) is 2.82. The normalized spacial score (nSPS) is 11.3. The molecule has 1 N–H and O–H groups in total. The summed E-state index contributed by atoms with van der Waals surface area (Å²) in [6.07, 6.45) is 0. The van der Waals surface area contributed by atoms with Crippen LogP contribution in [0.2, 0.25) is 0 Å². The number of hydrogen-bond donors (Lipinski definition) is 1. The Morgan fingerprint density at radius 3 is 2.19 bits per heavy atom. The summed E-state index contributed by atoms with van der Waals surface area (Å²) < 4.78 is 28.8. The lowest BCUT2D eigenvalue weighted by Crippen LogP contribution is -2.21. The lowest BCUT2D eigenvalue weighted by Gasteiger charge is -2.14. The van der Waals surface area contributed by atoms with Gasteiger partial charge in [0.25, 0.3) is 3.79 Å². The van der Waals surface area contributed by atoms with Gasteiger partial charge in [0.15, 0.2) is 0 Å². The van der Waals surface area contributed by atoms with Crippen molar-refractivity contribution in [2.24, 2.45) is 0 Å². The Morgan fingerprint density at radius 2 is 1.75 bits per heavy atom. The molecule has 0 atom stereocenters. The Hall–Kier alpha value is -0.580. The molecular weight excluding hydrogens is 282 g/mol. The Kier molecular flexibility index (Phi) is 4.35. The smallest absolute Gasteiger partial charge is 0.265 e. The number of ether oxygens (including phenoxy) is 1. The van der Waals surface area contributed by atoms with E-state index in [1.807, 2.05) is 0 Å². The molecule has 0 bridgehead atoms. The third kappa shape index (κ3) is 3.47. The molecule has 0 heterocycles. The molecule has 0 aromatic heterocycles. The van der Waals surface area contributed by atoms with Crippen molar-refractivity contribution >= 4 is 40.7 Å². The number of alkyl halides is 3. The number of hydrogen-bond acceptors (Lipinski definition) is 2. The minimum atomic E-state index is -2.04. The second kappa shape index (κ2) is 5.17. The quantitative estimate of drug-likeness (QED) is 0.501. The first-order valence-electron chi connectivity index (χ1n) is 4.04. The molecule has 1 aromatic rings. The van der Waals surface area contributed by atoms with Crippen LogP contribution in [-0.2, 0) is 11.3 Å². The van der Waals surface area contributed by atoms with Gasteiger partial charge >= 0.3 is 0 Å². The van der Waals surface area contributed by atoms with Crippen LogP contribution in [0.15, 0.2) is 18.2 Å². The Bertz CT molecular complexity index is 386. The van der Waals surface area contributed by atoms with Crippen LogP contribution in [0.5, 0.6) is 0 Å². The standard InChI is InChI=1S/C9H6Cl3F2NO/c10-9(11,12)8(15)16-4-5-6(13)2-1-3-7(5)14/h1-3,15H,4H2.